The van der Waals surface area contributed by atoms with Crippen LogP contribution in [0.25, 0.3) is 0 Å². The molecule has 17 heavy (non-hydrogen) atoms. The number of hydrogen-bond donors (Lipinski definition) is 1. The van der Waals surface area contributed by atoms with Crippen molar-refractivity contribution in [3.8, 4) is 0 Å². The number of ether oxygens (including phenoxy) is 2. The Morgan fingerprint density at radius 3 is 2.35 bits per heavy atom. The van der Waals surface area contributed by atoms with Crippen molar-refractivity contribution < 1.29 is 19.0 Å². The van der Waals surface area contributed by atoms with Gasteiger partial charge in [-0.25, -0.2) is 4.39 Å². The summed E-state index contributed by atoms with van der Waals surface area (Å²) >= 11 is 0. The molecule has 0 aliphatic rings. The predicted octanol–water partition coefficient (Wildman–Crippen LogP) is 2.57. The van der Waals surface area contributed by atoms with E-state index in [0.29, 0.717) is 13.2 Å². The number of benzene rings is 1. The molecular formula is C13H19FO3. The van der Waals surface area contributed by atoms with E-state index in [1.54, 1.807) is 26.0 Å². The highest BCUT2D eigenvalue weighted by Gasteiger charge is 2.24. The lowest BCUT2D eigenvalue weighted by Gasteiger charge is -2.23. The topological polar surface area (TPSA) is 38.7 Å². The first kappa shape index (κ1) is 14.1. The number of hydrogen-bond acceptors (Lipinski definition) is 3. The molecule has 0 saturated heterocycles. The zero-order chi connectivity index (χ0) is 12.8. The first-order valence-electron chi connectivity index (χ1n) is 5.77. The lowest BCUT2D eigenvalue weighted by atomic mass is 10.1. The van der Waals surface area contributed by atoms with Crippen molar-refractivity contribution in [1.82, 2.24) is 0 Å². The Labute approximate surface area is 101 Å². The summed E-state index contributed by atoms with van der Waals surface area (Å²) < 4.78 is 24.1. The van der Waals surface area contributed by atoms with Crippen molar-refractivity contribution in [2.24, 2.45) is 0 Å². The summed E-state index contributed by atoms with van der Waals surface area (Å²) in [6.07, 6.45) is -1.95. The molecule has 0 aliphatic carbocycles. The molecule has 0 heterocycles. The molecule has 1 atom stereocenters. The summed E-state index contributed by atoms with van der Waals surface area (Å²) in [5.41, 5.74) is 1.09. The molecule has 0 spiro atoms. The van der Waals surface area contributed by atoms with Crippen molar-refractivity contribution in [2.75, 3.05) is 13.2 Å². The third-order valence-electron chi connectivity index (χ3n) is 2.39. The minimum absolute atomic E-state index is 0.205. The molecular weight excluding hydrogens is 223 g/mol. The highest BCUT2D eigenvalue weighted by Crippen LogP contribution is 2.24. The second-order valence-electron chi connectivity index (χ2n) is 3.75. The minimum Gasteiger partial charge on any atom is -0.383 e. The van der Waals surface area contributed by atoms with Gasteiger partial charge in [0.05, 0.1) is 0 Å². The van der Waals surface area contributed by atoms with Crippen LogP contribution in [0, 0.1) is 12.7 Å². The van der Waals surface area contributed by atoms with Crippen LogP contribution in [0.2, 0.25) is 0 Å². The molecule has 1 aromatic carbocycles. The first-order valence-corrected chi connectivity index (χ1v) is 5.77. The second kappa shape index (κ2) is 6.69. The van der Waals surface area contributed by atoms with Crippen LogP contribution in [0.5, 0.6) is 0 Å². The van der Waals surface area contributed by atoms with Gasteiger partial charge in [-0.15, -0.1) is 0 Å². The standard InChI is InChI=1S/C13H19FO3/c1-4-16-13(17-5-2)12(15)10-8-9(3)6-7-11(10)14/h6-8,12-13,15H,4-5H2,1-3H3. The van der Waals surface area contributed by atoms with Crippen molar-refractivity contribution in [3.63, 3.8) is 0 Å². The van der Waals surface area contributed by atoms with E-state index in [1.807, 2.05) is 6.92 Å². The smallest absolute Gasteiger partial charge is 0.187 e. The third kappa shape index (κ3) is 3.77. The molecule has 0 saturated carbocycles. The van der Waals surface area contributed by atoms with Gasteiger partial charge in [0.15, 0.2) is 6.29 Å². The molecule has 1 N–H and O–H groups in total. The summed E-state index contributed by atoms with van der Waals surface area (Å²) in [6.45, 7) is 6.23. The Bertz CT molecular complexity index is 349. The van der Waals surface area contributed by atoms with Gasteiger partial charge in [-0.2, -0.15) is 0 Å². The summed E-state index contributed by atoms with van der Waals surface area (Å²) in [4.78, 5) is 0. The Kier molecular flexibility index (Phi) is 5.55. The summed E-state index contributed by atoms with van der Waals surface area (Å²) in [6, 6.07) is 4.59. The fraction of sp³-hybridized carbons (Fsp3) is 0.538. The largest absolute Gasteiger partial charge is 0.383 e. The SMILES string of the molecule is CCOC(OCC)C(O)c1cc(C)ccc1F. The highest BCUT2D eigenvalue weighted by molar-refractivity contribution is 5.26. The van der Waals surface area contributed by atoms with Gasteiger partial charge < -0.3 is 14.6 Å². The number of halogens is 1. The van der Waals surface area contributed by atoms with Gasteiger partial charge in [0.1, 0.15) is 11.9 Å². The van der Waals surface area contributed by atoms with Gasteiger partial charge in [-0.3, -0.25) is 0 Å². The van der Waals surface area contributed by atoms with Crippen LogP contribution in [-0.4, -0.2) is 24.6 Å². The molecule has 0 aromatic heterocycles. The fourth-order valence-electron chi connectivity index (χ4n) is 1.60. The first-order chi connectivity index (χ1) is 8.10. The van der Waals surface area contributed by atoms with Crippen LogP contribution in [0.1, 0.15) is 31.1 Å². The summed E-state index contributed by atoms with van der Waals surface area (Å²) in [5, 5.41) is 10.1. The van der Waals surface area contributed by atoms with E-state index in [2.05, 4.69) is 0 Å². The average Bonchev–Trinajstić information content (AvgIpc) is 2.31. The van der Waals surface area contributed by atoms with E-state index >= 15 is 0 Å². The third-order valence-corrected chi connectivity index (χ3v) is 2.39. The van der Waals surface area contributed by atoms with E-state index in [0.717, 1.165) is 5.56 Å². The maximum atomic E-state index is 13.6. The van der Waals surface area contributed by atoms with Crippen molar-refractivity contribution in [1.29, 1.82) is 0 Å². The van der Waals surface area contributed by atoms with E-state index < -0.39 is 18.2 Å². The van der Waals surface area contributed by atoms with Crippen molar-refractivity contribution in [2.45, 2.75) is 33.2 Å². The van der Waals surface area contributed by atoms with E-state index in [-0.39, 0.29) is 5.56 Å². The van der Waals surface area contributed by atoms with Crippen molar-refractivity contribution in [3.05, 3.63) is 35.1 Å². The molecule has 0 aliphatic heterocycles. The monoisotopic (exact) mass is 242 g/mol. The number of aryl methyl sites for hydroxylation is 1. The second-order valence-corrected chi connectivity index (χ2v) is 3.75. The van der Waals surface area contributed by atoms with Gasteiger partial charge in [-0.1, -0.05) is 17.7 Å². The Morgan fingerprint density at radius 2 is 1.82 bits per heavy atom. The molecule has 1 rings (SSSR count). The zero-order valence-electron chi connectivity index (χ0n) is 10.4. The predicted molar refractivity (Wildman–Crippen MR) is 63.1 cm³/mol. The molecule has 1 unspecified atom stereocenters. The molecule has 96 valence electrons. The van der Waals surface area contributed by atoms with Gasteiger partial charge in [-0.05, 0) is 26.8 Å². The Morgan fingerprint density at radius 1 is 1.24 bits per heavy atom. The van der Waals surface area contributed by atoms with Crippen LogP contribution >= 0.6 is 0 Å². The molecule has 0 amide bonds. The van der Waals surface area contributed by atoms with Crippen LogP contribution in [0.4, 0.5) is 4.39 Å². The highest BCUT2D eigenvalue weighted by atomic mass is 19.1. The number of rotatable bonds is 6. The molecule has 1 aromatic rings. The van der Waals surface area contributed by atoms with Crippen LogP contribution < -0.4 is 0 Å². The zero-order valence-corrected chi connectivity index (χ0v) is 10.4. The molecule has 3 nitrogen and oxygen atoms in total. The lowest BCUT2D eigenvalue weighted by molar-refractivity contribution is -0.192. The van der Waals surface area contributed by atoms with Gasteiger partial charge >= 0.3 is 0 Å². The Hall–Kier alpha value is -0.970. The average molecular weight is 242 g/mol. The molecule has 0 bridgehead atoms. The molecule has 4 heteroatoms. The number of aliphatic hydroxyl groups excluding tert-OH is 1. The van der Waals surface area contributed by atoms with Gasteiger partial charge in [0.25, 0.3) is 0 Å². The van der Waals surface area contributed by atoms with E-state index in [4.69, 9.17) is 9.47 Å². The van der Waals surface area contributed by atoms with Crippen LogP contribution in [-0.2, 0) is 9.47 Å². The normalized spacial score (nSPS) is 13.1. The summed E-state index contributed by atoms with van der Waals surface area (Å²) in [5.74, 6) is -0.451. The summed E-state index contributed by atoms with van der Waals surface area (Å²) in [7, 11) is 0. The lowest BCUT2D eigenvalue weighted by Crippen LogP contribution is -2.26. The van der Waals surface area contributed by atoms with Crippen molar-refractivity contribution >= 4 is 0 Å². The quantitative estimate of drug-likeness (QED) is 0.779. The van der Waals surface area contributed by atoms with Crippen LogP contribution in [0.15, 0.2) is 18.2 Å². The molecule has 0 fully saturated rings. The van der Waals surface area contributed by atoms with E-state index in [9.17, 15) is 9.50 Å². The maximum Gasteiger partial charge on any atom is 0.187 e. The van der Waals surface area contributed by atoms with E-state index in [1.165, 1.54) is 6.07 Å². The van der Waals surface area contributed by atoms with Gasteiger partial charge in [0.2, 0.25) is 0 Å². The molecule has 0 radical (unpaired) electrons. The Balaban J connectivity index is 2.91. The van der Waals surface area contributed by atoms with Gasteiger partial charge in [0, 0.05) is 18.8 Å². The minimum atomic E-state index is -1.12. The number of aliphatic hydroxyl groups is 1. The fourth-order valence-corrected chi connectivity index (χ4v) is 1.60. The van der Waals surface area contributed by atoms with Crippen LogP contribution in [0.3, 0.4) is 0 Å². The maximum absolute atomic E-state index is 13.6.